The van der Waals surface area contributed by atoms with Crippen LogP contribution in [0.25, 0.3) is 11.3 Å². The first kappa shape index (κ1) is 21.8. The molecule has 3 aromatic rings. The van der Waals surface area contributed by atoms with Gasteiger partial charge in [0, 0.05) is 25.2 Å². The van der Waals surface area contributed by atoms with Crippen LogP contribution in [-0.4, -0.2) is 42.8 Å². The first-order valence-corrected chi connectivity index (χ1v) is 11.3. The minimum Gasteiger partial charge on any atom is -0.497 e. The van der Waals surface area contributed by atoms with Gasteiger partial charge in [0.2, 0.25) is 5.91 Å². The van der Waals surface area contributed by atoms with Crippen molar-refractivity contribution >= 4 is 11.7 Å². The largest absolute Gasteiger partial charge is 0.497 e. The van der Waals surface area contributed by atoms with E-state index in [-0.39, 0.29) is 11.8 Å². The van der Waals surface area contributed by atoms with Crippen LogP contribution in [0.4, 0.5) is 5.82 Å². The summed E-state index contributed by atoms with van der Waals surface area (Å²) in [6, 6.07) is 22.1. The van der Waals surface area contributed by atoms with Crippen LogP contribution in [0.3, 0.4) is 0 Å². The third kappa shape index (κ3) is 5.63. The molecule has 0 saturated carbocycles. The number of amides is 1. The van der Waals surface area contributed by atoms with Crippen LogP contribution < -0.4 is 15.0 Å². The Bertz CT molecular complexity index is 991. The standard InChI is InChI=1S/C26H30N4O2/c1-32-23-13-11-21(12-14-23)24-15-16-25(29-28-24)30-18-6-10-22(19-30)26(31)27-17-5-9-20-7-3-2-4-8-20/h2-4,7-8,11-16,22H,5-6,9-10,17-19H2,1H3,(H,27,31). The van der Waals surface area contributed by atoms with Gasteiger partial charge in [-0.15, -0.1) is 10.2 Å². The Morgan fingerprint density at radius 1 is 1.06 bits per heavy atom. The summed E-state index contributed by atoms with van der Waals surface area (Å²) in [5, 5.41) is 12.0. The number of nitrogens with one attached hydrogen (secondary N) is 1. The highest BCUT2D eigenvalue weighted by Gasteiger charge is 2.26. The van der Waals surface area contributed by atoms with Crippen molar-refractivity contribution in [3.8, 4) is 17.0 Å². The van der Waals surface area contributed by atoms with Crippen LogP contribution in [0.2, 0.25) is 0 Å². The molecule has 4 rings (SSSR count). The SMILES string of the molecule is COc1ccc(-c2ccc(N3CCCC(C(=O)NCCCc4ccccc4)C3)nn2)cc1. The second-order valence-corrected chi connectivity index (χ2v) is 8.17. The molecular formula is C26H30N4O2. The highest BCUT2D eigenvalue weighted by Crippen LogP contribution is 2.24. The van der Waals surface area contributed by atoms with E-state index in [1.807, 2.05) is 42.5 Å². The lowest BCUT2D eigenvalue weighted by atomic mass is 9.97. The van der Waals surface area contributed by atoms with Gasteiger partial charge in [-0.3, -0.25) is 4.79 Å². The quantitative estimate of drug-likeness (QED) is 0.545. The molecule has 2 aromatic carbocycles. The van der Waals surface area contributed by atoms with Gasteiger partial charge in [0.25, 0.3) is 0 Å². The molecule has 1 aliphatic heterocycles. The van der Waals surface area contributed by atoms with Crippen molar-refractivity contribution in [1.82, 2.24) is 15.5 Å². The molecule has 0 bridgehead atoms. The Kier molecular flexibility index (Phi) is 7.33. The highest BCUT2D eigenvalue weighted by atomic mass is 16.5. The van der Waals surface area contributed by atoms with E-state index >= 15 is 0 Å². The maximum Gasteiger partial charge on any atom is 0.224 e. The minimum absolute atomic E-state index is 0.0106. The second-order valence-electron chi connectivity index (χ2n) is 8.17. The number of methoxy groups -OCH3 is 1. The number of hydrogen-bond acceptors (Lipinski definition) is 5. The summed E-state index contributed by atoms with van der Waals surface area (Å²) in [4.78, 5) is 14.9. The molecular weight excluding hydrogens is 400 g/mol. The zero-order valence-corrected chi connectivity index (χ0v) is 18.5. The van der Waals surface area contributed by atoms with Crippen LogP contribution in [0.15, 0.2) is 66.7 Å². The van der Waals surface area contributed by atoms with Gasteiger partial charge in [-0.2, -0.15) is 0 Å². The molecule has 1 aliphatic rings. The van der Waals surface area contributed by atoms with E-state index in [0.29, 0.717) is 13.1 Å². The predicted molar refractivity (Wildman–Crippen MR) is 127 cm³/mol. The lowest BCUT2D eigenvalue weighted by Crippen LogP contribution is -2.43. The van der Waals surface area contributed by atoms with E-state index in [1.54, 1.807) is 7.11 Å². The third-order valence-corrected chi connectivity index (χ3v) is 5.94. The van der Waals surface area contributed by atoms with E-state index in [0.717, 1.165) is 55.1 Å². The van der Waals surface area contributed by atoms with Gasteiger partial charge in [-0.05, 0) is 67.6 Å². The van der Waals surface area contributed by atoms with Crippen LogP contribution in [0.1, 0.15) is 24.8 Å². The van der Waals surface area contributed by atoms with Crippen molar-refractivity contribution in [2.24, 2.45) is 5.92 Å². The van der Waals surface area contributed by atoms with Crippen LogP contribution in [0.5, 0.6) is 5.75 Å². The number of carbonyl (C=O) groups is 1. The van der Waals surface area contributed by atoms with Gasteiger partial charge >= 0.3 is 0 Å². The van der Waals surface area contributed by atoms with Crippen LogP contribution >= 0.6 is 0 Å². The average molecular weight is 431 g/mol. The normalized spacial score (nSPS) is 15.9. The van der Waals surface area contributed by atoms with Gasteiger partial charge in [0.15, 0.2) is 5.82 Å². The van der Waals surface area contributed by atoms with Crippen molar-refractivity contribution in [2.45, 2.75) is 25.7 Å². The number of benzene rings is 2. The molecule has 0 spiro atoms. The lowest BCUT2D eigenvalue weighted by Gasteiger charge is -2.32. The summed E-state index contributed by atoms with van der Waals surface area (Å²) < 4.78 is 5.21. The van der Waals surface area contributed by atoms with Crippen molar-refractivity contribution in [1.29, 1.82) is 0 Å². The lowest BCUT2D eigenvalue weighted by molar-refractivity contribution is -0.125. The number of anilines is 1. The van der Waals surface area contributed by atoms with E-state index in [1.165, 1.54) is 5.56 Å². The van der Waals surface area contributed by atoms with Gasteiger partial charge < -0.3 is 15.0 Å². The van der Waals surface area contributed by atoms with Crippen molar-refractivity contribution in [3.63, 3.8) is 0 Å². The molecule has 1 N–H and O–H groups in total. The fourth-order valence-corrected chi connectivity index (χ4v) is 4.10. The third-order valence-electron chi connectivity index (χ3n) is 5.94. The second kappa shape index (κ2) is 10.8. The maximum atomic E-state index is 12.7. The Labute approximate surface area is 189 Å². The number of nitrogens with zero attached hydrogens (tertiary/aromatic N) is 3. The molecule has 1 atom stereocenters. The summed E-state index contributed by atoms with van der Waals surface area (Å²) in [5.41, 5.74) is 3.12. The fraction of sp³-hybridized carbons (Fsp3) is 0.346. The summed E-state index contributed by atoms with van der Waals surface area (Å²) >= 11 is 0. The molecule has 1 fully saturated rings. The molecule has 1 amide bonds. The topological polar surface area (TPSA) is 67.3 Å². The predicted octanol–water partition coefficient (Wildman–Crippen LogP) is 4.12. The minimum atomic E-state index is -0.0106. The first-order valence-electron chi connectivity index (χ1n) is 11.3. The number of hydrogen-bond donors (Lipinski definition) is 1. The molecule has 6 nitrogen and oxygen atoms in total. The number of piperidine rings is 1. The monoisotopic (exact) mass is 430 g/mol. The molecule has 32 heavy (non-hydrogen) atoms. The van der Waals surface area contributed by atoms with Gasteiger partial charge in [0.05, 0.1) is 18.7 Å². The number of ether oxygens (including phenoxy) is 1. The summed E-state index contributed by atoms with van der Waals surface area (Å²) in [7, 11) is 1.65. The summed E-state index contributed by atoms with van der Waals surface area (Å²) in [6.45, 7) is 2.29. The molecule has 166 valence electrons. The zero-order valence-electron chi connectivity index (χ0n) is 18.5. The summed E-state index contributed by atoms with van der Waals surface area (Å²) in [5.74, 6) is 1.77. The Morgan fingerprint density at radius 2 is 1.88 bits per heavy atom. The Balaban J connectivity index is 1.28. The zero-order chi connectivity index (χ0) is 22.2. The highest BCUT2D eigenvalue weighted by molar-refractivity contribution is 5.79. The van der Waals surface area contributed by atoms with Crippen molar-refractivity contribution in [2.75, 3.05) is 31.6 Å². The fourth-order valence-electron chi connectivity index (χ4n) is 4.10. The van der Waals surface area contributed by atoms with E-state index in [4.69, 9.17) is 4.74 Å². The van der Waals surface area contributed by atoms with E-state index in [2.05, 4.69) is 44.7 Å². The molecule has 0 aliphatic carbocycles. The van der Waals surface area contributed by atoms with Gasteiger partial charge in [-0.25, -0.2) is 0 Å². The molecule has 0 radical (unpaired) electrons. The van der Waals surface area contributed by atoms with E-state index in [9.17, 15) is 4.79 Å². The van der Waals surface area contributed by atoms with Gasteiger partial charge in [-0.1, -0.05) is 30.3 Å². The van der Waals surface area contributed by atoms with Crippen molar-refractivity contribution in [3.05, 3.63) is 72.3 Å². The Hall–Kier alpha value is -3.41. The molecule has 2 heterocycles. The molecule has 6 heteroatoms. The number of aromatic nitrogens is 2. The Morgan fingerprint density at radius 3 is 2.59 bits per heavy atom. The maximum absolute atomic E-state index is 12.7. The van der Waals surface area contributed by atoms with Crippen LogP contribution in [-0.2, 0) is 11.2 Å². The van der Waals surface area contributed by atoms with Crippen molar-refractivity contribution < 1.29 is 9.53 Å². The molecule has 1 aromatic heterocycles. The first-order chi connectivity index (χ1) is 15.7. The molecule has 1 saturated heterocycles. The van der Waals surface area contributed by atoms with Gasteiger partial charge in [0.1, 0.15) is 5.75 Å². The number of rotatable bonds is 8. The number of aryl methyl sites for hydroxylation is 1. The van der Waals surface area contributed by atoms with E-state index < -0.39 is 0 Å². The van der Waals surface area contributed by atoms with Crippen LogP contribution in [0, 0.1) is 5.92 Å². The molecule has 1 unspecified atom stereocenters. The average Bonchev–Trinajstić information content (AvgIpc) is 2.87. The summed E-state index contributed by atoms with van der Waals surface area (Å²) in [6.07, 6.45) is 3.82. The number of carbonyl (C=O) groups excluding carboxylic acids is 1. The smallest absolute Gasteiger partial charge is 0.224 e.